The van der Waals surface area contributed by atoms with Gasteiger partial charge in [0.15, 0.2) is 0 Å². The Morgan fingerprint density at radius 2 is 2.14 bits per heavy atom. The summed E-state index contributed by atoms with van der Waals surface area (Å²) in [5.74, 6) is 0. The molecule has 0 unspecified atom stereocenters. The Bertz CT molecular complexity index is 878. The van der Waals surface area contributed by atoms with Gasteiger partial charge in [-0.2, -0.15) is 18.4 Å². The first-order chi connectivity index (χ1) is 13.3. The second-order valence-corrected chi connectivity index (χ2v) is 7.10. The van der Waals surface area contributed by atoms with E-state index in [1.54, 1.807) is 24.5 Å². The van der Waals surface area contributed by atoms with E-state index < -0.39 is 11.7 Å². The fourth-order valence-electron chi connectivity index (χ4n) is 3.75. The number of nitriles is 1. The van der Waals surface area contributed by atoms with E-state index in [0.717, 1.165) is 31.1 Å². The molecule has 1 aliphatic rings. The molecule has 2 heterocycles. The highest BCUT2D eigenvalue weighted by Crippen LogP contribution is 2.36. The molecule has 0 spiro atoms. The maximum Gasteiger partial charge on any atom is 0.417 e. The molecule has 1 aliphatic heterocycles. The Kier molecular flexibility index (Phi) is 5.99. The van der Waals surface area contributed by atoms with E-state index in [4.69, 9.17) is 16.9 Å². The predicted molar refractivity (Wildman–Crippen MR) is 104 cm³/mol. The average molecular weight is 409 g/mol. The monoisotopic (exact) mass is 408 g/mol. The highest BCUT2D eigenvalue weighted by molar-refractivity contribution is 6.33. The lowest BCUT2D eigenvalue weighted by molar-refractivity contribution is -0.137. The molecule has 0 bridgehead atoms. The highest BCUT2D eigenvalue weighted by Gasteiger charge is 2.35. The molecular weight excluding hydrogens is 389 g/mol. The zero-order valence-electron chi connectivity index (χ0n) is 15.4. The van der Waals surface area contributed by atoms with Crippen molar-refractivity contribution in [1.29, 1.82) is 5.26 Å². The van der Waals surface area contributed by atoms with Crippen LogP contribution in [-0.2, 0) is 6.18 Å². The largest absolute Gasteiger partial charge is 0.417 e. The third-order valence-electron chi connectivity index (χ3n) is 5.03. The van der Waals surface area contributed by atoms with E-state index in [-0.39, 0.29) is 11.6 Å². The number of hydrogen-bond acceptors (Lipinski definition) is 4. The predicted octanol–water partition coefficient (Wildman–Crippen LogP) is 5.12. The van der Waals surface area contributed by atoms with Gasteiger partial charge < -0.3 is 9.80 Å². The number of halogens is 4. The summed E-state index contributed by atoms with van der Waals surface area (Å²) >= 11 is 6.27. The van der Waals surface area contributed by atoms with Crippen molar-refractivity contribution in [3.05, 3.63) is 52.8 Å². The summed E-state index contributed by atoms with van der Waals surface area (Å²) in [7, 11) is 0. The molecule has 148 valence electrons. The number of aromatic nitrogens is 1. The molecule has 2 aromatic rings. The quantitative estimate of drug-likeness (QED) is 0.704. The second-order valence-electron chi connectivity index (χ2n) is 6.69. The Morgan fingerprint density at radius 1 is 1.36 bits per heavy atom. The first kappa shape index (κ1) is 20.3. The zero-order chi connectivity index (χ0) is 20.3. The lowest BCUT2D eigenvalue weighted by Gasteiger charge is -2.41. The summed E-state index contributed by atoms with van der Waals surface area (Å²) in [4.78, 5) is 8.12. The van der Waals surface area contributed by atoms with Crippen molar-refractivity contribution in [2.75, 3.05) is 29.4 Å². The van der Waals surface area contributed by atoms with E-state index in [1.165, 1.54) is 6.07 Å². The van der Waals surface area contributed by atoms with Crippen LogP contribution < -0.4 is 9.80 Å². The molecule has 3 rings (SSSR count). The number of hydrogen-bond donors (Lipinski definition) is 0. The van der Waals surface area contributed by atoms with Crippen LogP contribution in [-0.4, -0.2) is 30.7 Å². The maximum atomic E-state index is 13.4. The van der Waals surface area contributed by atoms with E-state index in [2.05, 4.69) is 9.88 Å². The molecular formula is C20H20ClF3N4. The van der Waals surface area contributed by atoms with Crippen molar-refractivity contribution in [3.63, 3.8) is 0 Å². The number of nitrogens with zero attached hydrogens (tertiary/aromatic N) is 4. The van der Waals surface area contributed by atoms with Crippen LogP contribution >= 0.6 is 11.6 Å². The van der Waals surface area contributed by atoms with E-state index in [0.29, 0.717) is 23.8 Å². The van der Waals surface area contributed by atoms with Gasteiger partial charge in [-0.25, -0.2) is 0 Å². The van der Waals surface area contributed by atoms with Gasteiger partial charge >= 0.3 is 6.18 Å². The van der Waals surface area contributed by atoms with Crippen LogP contribution in [0.1, 0.15) is 30.9 Å². The number of benzene rings is 1. The molecule has 4 nitrogen and oxygen atoms in total. The molecule has 0 saturated carbocycles. The maximum absolute atomic E-state index is 13.4. The van der Waals surface area contributed by atoms with Gasteiger partial charge in [-0.1, -0.05) is 11.6 Å². The molecule has 1 saturated heterocycles. The zero-order valence-corrected chi connectivity index (χ0v) is 16.1. The molecule has 0 aliphatic carbocycles. The minimum atomic E-state index is -4.57. The van der Waals surface area contributed by atoms with Gasteiger partial charge in [0, 0.05) is 43.8 Å². The molecule has 28 heavy (non-hydrogen) atoms. The average Bonchev–Trinajstić information content (AvgIpc) is 2.68. The van der Waals surface area contributed by atoms with Gasteiger partial charge in [-0.15, -0.1) is 0 Å². The number of anilines is 2. The van der Waals surface area contributed by atoms with Crippen molar-refractivity contribution in [3.8, 4) is 6.07 Å². The third-order valence-corrected chi connectivity index (χ3v) is 5.32. The molecule has 1 aromatic carbocycles. The molecule has 1 aromatic heterocycles. The van der Waals surface area contributed by atoms with Crippen molar-refractivity contribution < 1.29 is 13.2 Å². The second kappa shape index (κ2) is 8.27. The summed E-state index contributed by atoms with van der Waals surface area (Å²) in [6.07, 6.45) is 0.479. The van der Waals surface area contributed by atoms with E-state index in [1.807, 2.05) is 17.9 Å². The van der Waals surface area contributed by atoms with Gasteiger partial charge in [0.05, 0.1) is 27.9 Å². The lowest BCUT2D eigenvalue weighted by atomic mass is 10.0. The first-order valence-corrected chi connectivity index (χ1v) is 9.45. The normalized spacial score (nSPS) is 17.3. The minimum absolute atomic E-state index is 0.0389. The molecule has 1 fully saturated rings. The summed E-state index contributed by atoms with van der Waals surface area (Å²) < 4.78 is 40.1. The Morgan fingerprint density at radius 3 is 2.79 bits per heavy atom. The minimum Gasteiger partial charge on any atom is -0.368 e. The van der Waals surface area contributed by atoms with Crippen LogP contribution in [0.5, 0.6) is 0 Å². The van der Waals surface area contributed by atoms with Crippen LogP contribution in [0.25, 0.3) is 0 Å². The van der Waals surface area contributed by atoms with E-state index in [9.17, 15) is 13.2 Å². The fraction of sp³-hybridized carbons (Fsp3) is 0.400. The van der Waals surface area contributed by atoms with Crippen LogP contribution in [0.15, 0.2) is 36.7 Å². The number of alkyl halides is 3. The van der Waals surface area contributed by atoms with Crippen molar-refractivity contribution >= 4 is 23.0 Å². The van der Waals surface area contributed by atoms with Crippen molar-refractivity contribution in [2.45, 2.75) is 32.0 Å². The highest BCUT2D eigenvalue weighted by atomic mass is 35.5. The Labute approximate surface area is 167 Å². The van der Waals surface area contributed by atoms with Crippen LogP contribution in [0, 0.1) is 11.3 Å². The SMILES string of the molecule is CCN(c1ccc(C#N)c(C(F)(F)F)c1)[C@@H]1CCCN(c2ccncc2Cl)C1. The smallest absolute Gasteiger partial charge is 0.368 e. The van der Waals surface area contributed by atoms with Gasteiger partial charge in [0.1, 0.15) is 0 Å². The molecule has 0 N–H and O–H groups in total. The summed E-state index contributed by atoms with van der Waals surface area (Å²) in [6.45, 7) is 3.97. The summed E-state index contributed by atoms with van der Waals surface area (Å²) in [6, 6.07) is 7.45. The lowest BCUT2D eigenvalue weighted by Crippen LogP contribution is -2.48. The van der Waals surface area contributed by atoms with Crippen molar-refractivity contribution in [2.24, 2.45) is 0 Å². The Hall–Kier alpha value is -2.46. The molecule has 1 atom stereocenters. The molecule has 0 radical (unpaired) electrons. The fourth-order valence-corrected chi connectivity index (χ4v) is 3.99. The number of piperidine rings is 1. The van der Waals surface area contributed by atoms with Gasteiger partial charge in [0.25, 0.3) is 0 Å². The van der Waals surface area contributed by atoms with E-state index >= 15 is 0 Å². The summed E-state index contributed by atoms with van der Waals surface area (Å²) in [5, 5.41) is 9.58. The van der Waals surface area contributed by atoms with Crippen LogP contribution in [0.3, 0.4) is 0 Å². The summed E-state index contributed by atoms with van der Waals surface area (Å²) in [5.41, 5.74) is 0.103. The number of likely N-dealkylation sites (N-methyl/N-ethyl adjacent to an activating group) is 1. The van der Waals surface area contributed by atoms with Gasteiger partial charge in [0.2, 0.25) is 0 Å². The van der Waals surface area contributed by atoms with Crippen LogP contribution in [0.2, 0.25) is 5.02 Å². The molecule has 0 amide bonds. The number of rotatable bonds is 4. The topological polar surface area (TPSA) is 43.2 Å². The third kappa shape index (κ3) is 4.17. The first-order valence-electron chi connectivity index (χ1n) is 9.07. The van der Waals surface area contributed by atoms with Gasteiger partial charge in [-0.3, -0.25) is 4.98 Å². The van der Waals surface area contributed by atoms with Gasteiger partial charge in [-0.05, 0) is 44.0 Å². The standard InChI is InChI=1S/C20H20ClF3N4/c1-2-28(15-6-5-14(11-25)17(10-15)20(22,23)24)16-4-3-9-27(13-16)19-7-8-26-12-18(19)21/h5-8,10,12,16H,2-4,9,13H2,1H3/t16-/m1/s1. The molecule has 8 heteroatoms. The van der Waals surface area contributed by atoms with Crippen LogP contribution in [0.4, 0.5) is 24.5 Å². The Balaban J connectivity index is 1.89. The number of pyridine rings is 1. The van der Waals surface area contributed by atoms with Crippen molar-refractivity contribution in [1.82, 2.24) is 4.98 Å².